The van der Waals surface area contributed by atoms with Crippen LogP contribution in [-0.2, 0) is 16.0 Å². The maximum absolute atomic E-state index is 12.4. The first-order valence-electron chi connectivity index (χ1n) is 6.77. The molecule has 0 aromatic carbocycles. The lowest BCUT2D eigenvalue weighted by atomic mass is 9.97. The number of hydrogen-bond acceptors (Lipinski definition) is 4. The van der Waals surface area contributed by atoms with Crippen LogP contribution >= 0.6 is 11.3 Å². The Morgan fingerprint density at radius 1 is 1.55 bits per heavy atom. The summed E-state index contributed by atoms with van der Waals surface area (Å²) in [6, 6.07) is 0.277. The van der Waals surface area contributed by atoms with E-state index in [1.807, 2.05) is 19.2 Å². The van der Waals surface area contributed by atoms with Crippen LogP contribution in [0.4, 0.5) is 0 Å². The second kappa shape index (κ2) is 5.93. The van der Waals surface area contributed by atoms with Crippen molar-refractivity contribution in [3.05, 3.63) is 21.9 Å². The van der Waals surface area contributed by atoms with Crippen LogP contribution < -0.4 is 5.73 Å². The second-order valence-electron chi connectivity index (χ2n) is 5.56. The number of nitrogens with zero attached hydrogens (tertiary/aromatic N) is 1. The van der Waals surface area contributed by atoms with Crippen molar-refractivity contribution in [2.75, 3.05) is 6.54 Å². The van der Waals surface area contributed by atoms with Gasteiger partial charge in [-0.15, -0.1) is 11.3 Å². The Morgan fingerprint density at radius 3 is 2.85 bits per heavy atom. The highest BCUT2D eigenvalue weighted by Crippen LogP contribution is 2.33. The van der Waals surface area contributed by atoms with Crippen LogP contribution in [0.25, 0.3) is 0 Å². The van der Waals surface area contributed by atoms with Crippen LogP contribution in [-0.4, -0.2) is 34.5 Å². The van der Waals surface area contributed by atoms with Gasteiger partial charge in [-0.1, -0.05) is 13.8 Å². The Balaban J connectivity index is 2.23. The molecule has 1 aliphatic rings. The smallest absolute Gasteiger partial charge is 0.331 e. The highest BCUT2D eigenvalue weighted by atomic mass is 32.1. The van der Waals surface area contributed by atoms with E-state index in [-0.39, 0.29) is 5.91 Å². The van der Waals surface area contributed by atoms with Gasteiger partial charge >= 0.3 is 5.97 Å². The van der Waals surface area contributed by atoms with Crippen molar-refractivity contribution in [2.45, 2.75) is 38.8 Å². The number of rotatable bonds is 4. The van der Waals surface area contributed by atoms with Gasteiger partial charge in [0.1, 0.15) is 0 Å². The van der Waals surface area contributed by atoms with E-state index in [0.29, 0.717) is 25.3 Å². The van der Waals surface area contributed by atoms with Gasteiger partial charge in [0, 0.05) is 11.4 Å². The molecule has 0 aliphatic carbocycles. The van der Waals surface area contributed by atoms with Crippen molar-refractivity contribution in [3.63, 3.8) is 0 Å². The number of fused-ring (bicyclic) bond motifs is 1. The fourth-order valence-electron chi connectivity index (χ4n) is 2.64. The third-order valence-electron chi connectivity index (χ3n) is 3.53. The molecule has 2 atom stereocenters. The van der Waals surface area contributed by atoms with E-state index in [1.54, 1.807) is 17.4 Å². The predicted octanol–water partition coefficient (Wildman–Crippen LogP) is 1.63. The normalized spacial score (nSPS) is 19.8. The highest BCUT2D eigenvalue weighted by molar-refractivity contribution is 7.10. The van der Waals surface area contributed by atoms with E-state index in [1.165, 1.54) is 4.90 Å². The summed E-state index contributed by atoms with van der Waals surface area (Å²) in [4.78, 5) is 26.4. The number of carbonyl (C=O) groups excluding carboxylic acids is 1. The predicted molar refractivity (Wildman–Crippen MR) is 77.5 cm³/mol. The lowest BCUT2D eigenvalue weighted by molar-refractivity contribution is -0.151. The Morgan fingerprint density at radius 2 is 2.25 bits per heavy atom. The standard InChI is InChI=1S/C14H20N2O3S/c1-8(2)7-10(15)13(17)16-5-3-11-9(4-6-20-11)12(16)14(18)19/h4,6,8,10,12H,3,5,7,15H2,1-2H3,(H,18,19)/t10-,12?/m1/s1. The van der Waals surface area contributed by atoms with Gasteiger partial charge in [-0.25, -0.2) is 4.79 Å². The Labute approximate surface area is 122 Å². The van der Waals surface area contributed by atoms with Crippen molar-refractivity contribution in [1.29, 1.82) is 0 Å². The topological polar surface area (TPSA) is 83.6 Å². The van der Waals surface area contributed by atoms with E-state index < -0.39 is 18.1 Å². The molecule has 2 rings (SSSR count). The van der Waals surface area contributed by atoms with Gasteiger partial charge in [0.05, 0.1) is 6.04 Å². The fourth-order valence-corrected chi connectivity index (χ4v) is 3.55. The van der Waals surface area contributed by atoms with Crippen molar-refractivity contribution >= 4 is 23.2 Å². The Kier molecular flexibility index (Phi) is 4.45. The Bertz CT molecular complexity index is 512. The molecule has 1 unspecified atom stereocenters. The zero-order valence-electron chi connectivity index (χ0n) is 11.7. The van der Waals surface area contributed by atoms with E-state index in [9.17, 15) is 14.7 Å². The molecule has 1 amide bonds. The van der Waals surface area contributed by atoms with Gasteiger partial charge in [-0.2, -0.15) is 0 Å². The van der Waals surface area contributed by atoms with Crippen molar-refractivity contribution in [3.8, 4) is 0 Å². The summed E-state index contributed by atoms with van der Waals surface area (Å²) in [7, 11) is 0. The summed E-state index contributed by atoms with van der Waals surface area (Å²) in [5.74, 6) is -0.948. The van der Waals surface area contributed by atoms with E-state index in [2.05, 4.69) is 0 Å². The SMILES string of the molecule is CC(C)C[C@@H](N)C(=O)N1CCc2sccc2C1C(=O)O. The minimum Gasteiger partial charge on any atom is -0.479 e. The molecule has 6 heteroatoms. The summed E-state index contributed by atoms with van der Waals surface area (Å²) >= 11 is 1.55. The molecule has 1 aromatic rings. The second-order valence-corrected chi connectivity index (χ2v) is 6.56. The molecule has 0 radical (unpaired) electrons. The average Bonchev–Trinajstić information content (AvgIpc) is 2.83. The van der Waals surface area contributed by atoms with Gasteiger partial charge in [-0.05, 0) is 35.8 Å². The third kappa shape index (κ3) is 2.86. The molecule has 0 saturated carbocycles. The first-order valence-corrected chi connectivity index (χ1v) is 7.65. The first kappa shape index (κ1) is 15.0. The van der Waals surface area contributed by atoms with Crippen molar-refractivity contribution in [2.24, 2.45) is 11.7 Å². The zero-order valence-corrected chi connectivity index (χ0v) is 12.5. The molecule has 0 spiro atoms. The van der Waals surface area contributed by atoms with E-state index >= 15 is 0 Å². The number of hydrogen-bond donors (Lipinski definition) is 2. The molecule has 20 heavy (non-hydrogen) atoms. The molecule has 3 N–H and O–H groups in total. The third-order valence-corrected chi connectivity index (χ3v) is 4.52. The number of carbonyl (C=O) groups is 2. The maximum Gasteiger partial charge on any atom is 0.331 e. The minimum absolute atomic E-state index is 0.261. The molecular formula is C14H20N2O3S. The van der Waals surface area contributed by atoms with Crippen molar-refractivity contribution < 1.29 is 14.7 Å². The lowest BCUT2D eigenvalue weighted by Gasteiger charge is -2.35. The minimum atomic E-state index is -0.991. The molecular weight excluding hydrogens is 276 g/mol. The van der Waals surface area contributed by atoms with Crippen LogP contribution in [0, 0.1) is 5.92 Å². The molecule has 110 valence electrons. The summed E-state index contributed by atoms with van der Waals surface area (Å²) in [5.41, 5.74) is 6.66. The van der Waals surface area contributed by atoms with E-state index in [0.717, 1.165) is 10.4 Å². The Hall–Kier alpha value is -1.40. The van der Waals surface area contributed by atoms with E-state index in [4.69, 9.17) is 5.73 Å². The van der Waals surface area contributed by atoms with Crippen LogP contribution in [0.3, 0.4) is 0 Å². The number of aliphatic carboxylic acids is 1. The molecule has 2 heterocycles. The van der Waals surface area contributed by atoms with Crippen LogP contribution in [0.2, 0.25) is 0 Å². The van der Waals surface area contributed by atoms with Crippen LogP contribution in [0.5, 0.6) is 0 Å². The molecule has 0 bridgehead atoms. The quantitative estimate of drug-likeness (QED) is 0.884. The van der Waals surface area contributed by atoms with Crippen LogP contribution in [0.15, 0.2) is 11.4 Å². The fraction of sp³-hybridized carbons (Fsp3) is 0.571. The largest absolute Gasteiger partial charge is 0.479 e. The lowest BCUT2D eigenvalue weighted by Crippen LogP contribution is -2.50. The maximum atomic E-state index is 12.4. The molecule has 5 nitrogen and oxygen atoms in total. The molecule has 1 aliphatic heterocycles. The molecule has 0 saturated heterocycles. The number of carboxylic acid groups (broad SMARTS) is 1. The highest BCUT2D eigenvalue weighted by Gasteiger charge is 2.38. The van der Waals surface area contributed by atoms with Crippen LogP contribution in [0.1, 0.15) is 36.8 Å². The zero-order chi connectivity index (χ0) is 14.9. The summed E-state index contributed by atoms with van der Waals surface area (Å²) in [6.07, 6.45) is 1.27. The first-order chi connectivity index (χ1) is 9.41. The van der Waals surface area contributed by atoms with Gasteiger partial charge in [0.2, 0.25) is 5.91 Å². The summed E-state index contributed by atoms with van der Waals surface area (Å²) in [6.45, 7) is 4.42. The number of nitrogens with two attached hydrogens (primary N) is 1. The van der Waals surface area contributed by atoms with Gasteiger partial charge in [0.15, 0.2) is 6.04 Å². The number of thiophene rings is 1. The molecule has 1 aromatic heterocycles. The molecule has 0 fully saturated rings. The monoisotopic (exact) mass is 296 g/mol. The average molecular weight is 296 g/mol. The van der Waals surface area contributed by atoms with Crippen molar-refractivity contribution in [1.82, 2.24) is 4.90 Å². The summed E-state index contributed by atoms with van der Waals surface area (Å²) < 4.78 is 0. The van der Waals surface area contributed by atoms with Gasteiger partial charge < -0.3 is 15.7 Å². The number of amides is 1. The van der Waals surface area contributed by atoms with Gasteiger partial charge in [-0.3, -0.25) is 4.79 Å². The number of carboxylic acids is 1. The summed E-state index contributed by atoms with van der Waals surface area (Å²) in [5, 5.41) is 11.3. The van der Waals surface area contributed by atoms with Gasteiger partial charge in [0.25, 0.3) is 0 Å².